The van der Waals surface area contributed by atoms with Gasteiger partial charge in [0.15, 0.2) is 5.16 Å². The molecule has 0 aliphatic carbocycles. The summed E-state index contributed by atoms with van der Waals surface area (Å²) in [5.74, 6) is -0.0516. The lowest BCUT2D eigenvalue weighted by Crippen LogP contribution is -2.25. The predicted molar refractivity (Wildman–Crippen MR) is 82.2 cm³/mol. The van der Waals surface area contributed by atoms with Gasteiger partial charge in [-0.15, -0.1) is 0 Å². The molecule has 0 fully saturated rings. The van der Waals surface area contributed by atoms with Crippen LogP contribution >= 0.6 is 11.8 Å². The zero-order valence-electron chi connectivity index (χ0n) is 13.0. The van der Waals surface area contributed by atoms with E-state index in [1.54, 1.807) is 19.5 Å². The largest absolute Gasteiger partial charge is 0.459 e. The smallest absolute Gasteiger partial charge is 0.316 e. The highest BCUT2D eigenvalue weighted by Crippen LogP contribution is 2.15. The van der Waals surface area contributed by atoms with E-state index in [2.05, 4.69) is 15.3 Å². The number of carbonyl (C=O) groups is 1. The average molecular weight is 313 g/mol. The van der Waals surface area contributed by atoms with Gasteiger partial charge in [-0.25, -0.2) is 9.97 Å². The second-order valence-electron chi connectivity index (χ2n) is 5.42. The van der Waals surface area contributed by atoms with Crippen molar-refractivity contribution < 1.29 is 14.3 Å². The summed E-state index contributed by atoms with van der Waals surface area (Å²) in [6, 6.07) is 0. The van der Waals surface area contributed by atoms with Crippen molar-refractivity contribution in [1.29, 1.82) is 0 Å². The summed E-state index contributed by atoms with van der Waals surface area (Å²) in [5, 5.41) is 3.78. The molecule has 1 aromatic heterocycles. The Hall–Kier alpha value is -1.18. The lowest BCUT2D eigenvalue weighted by molar-refractivity contribution is -0.151. The molecule has 0 unspecified atom stereocenters. The van der Waals surface area contributed by atoms with E-state index in [4.69, 9.17) is 9.47 Å². The van der Waals surface area contributed by atoms with Crippen molar-refractivity contribution >= 4 is 17.7 Å². The van der Waals surface area contributed by atoms with E-state index in [0.717, 1.165) is 12.1 Å². The van der Waals surface area contributed by atoms with Crippen molar-refractivity contribution in [2.24, 2.45) is 0 Å². The minimum atomic E-state index is -0.462. The third kappa shape index (κ3) is 8.64. The van der Waals surface area contributed by atoms with Crippen LogP contribution in [0.5, 0.6) is 0 Å². The van der Waals surface area contributed by atoms with Crippen LogP contribution in [0.25, 0.3) is 0 Å². The quantitative estimate of drug-likeness (QED) is 0.338. The third-order valence-electron chi connectivity index (χ3n) is 2.23. The van der Waals surface area contributed by atoms with Gasteiger partial charge in [-0.1, -0.05) is 11.8 Å². The molecule has 1 heterocycles. The van der Waals surface area contributed by atoms with Gasteiger partial charge in [0.25, 0.3) is 0 Å². The van der Waals surface area contributed by atoms with E-state index in [9.17, 15) is 4.79 Å². The Balaban J connectivity index is 2.32. The zero-order chi connectivity index (χ0) is 15.7. The van der Waals surface area contributed by atoms with E-state index in [1.807, 2.05) is 20.8 Å². The molecule has 0 spiro atoms. The molecule has 1 N–H and O–H groups in total. The van der Waals surface area contributed by atoms with Gasteiger partial charge in [-0.05, 0) is 20.8 Å². The summed E-state index contributed by atoms with van der Waals surface area (Å²) < 4.78 is 10.2. The first-order chi connectivity index (χ1) is 9.90. The summed E-state index contributed by atoms with van der Waals surface area (Å²) >= 11 is 1.27. The van der Waals surface area contributed by atoms with Gasteiger partial charge in [0.05, 0.1) is 12.4 Å². The number of esters is 1. The molecule has 0 amide bonds. The van der Waals surface area contributed by atoms with Crippen molar-refractivity contribution in [3.8, 4) is 0 Å². The van der Waals surface area contributed by atoms with Gasteiger partial charge in [-0.3, -0.25) is 4.79 Å². The van der Waals surface area contributed by atoms with Crippen LogP contribution in [0.15, 0.2) is 17.6 Å². The molecule has 1 aromatic rings. The number of rotatable bonds is 8. The fourth-order valence-corrected chi connectivity index (χ4v) is 1.97. The number of nitrogens with zero attached hydrogens (tertiary/aromatic N) is 2. The summed E-state index contributed by atoms with van der Waals surface area (Å²) in [6.07, 6.45) is 3.51. The second kappa shape index (κ2) is 8.96. The van der Waals surface area contributed by atoms with Crippen molar-refractivity contribution in [3.05, 3.63) is 18.0 Å². The molecular weight excluding hydrogens is 290 g/mol. The van der Waals surface area contributed by atoms with Crippen molar-refractivity contribution in [1.82, 2.24) is 15.3 Å². The first kappa shape index (κ1) is 17.9. The Morgan fingerprint density at radius 3 is 2.57 bits per heavy atom. The van der Waals surface area contributed by atoms with E-state index >= 15 is 0 Å². The molecule has 0 radical (unpaired) electrons. The zero-order valence-corrected chi connectivity index (χ0v) is 13.8. The van der Waals surface area contributed by atoms with Crippen LogP contribution in [0.2, 0.25) is 0 Å². The number of hydrogen-bond donors (Lipinski definition) is 1. The maximum absolute atomic E-state index is 11.6. The number of methoxy groups -OCH3 is 1. The molecule has 0 aromatic carbocycles. The second-order valence-corrected chi connectivity index (χ2v) is 6.36. The predicted octanol–water partition coefficient (Wildman–Crippen LogP) is 1.65. The van der Waals surface area contributed by atoms with Crippen LogP contribution in [-0.2, 0) is 20.8 Å². The monoisotopic (exact) mass is 313 g/mol. The Kier molecular flexibility index (Phi) is 7.63. The molecule has 7 heteroatoms. The van der Waals surface area contributed by atoms with Crippen LogP contribution in [0.1, 0.15) is 26.3 Å². The molecule has 6 nitrogen and oxygen atoms in total. The van der Waals surface area contributed by atoms with Crippen LogP contribution in [-0.4, -0.2) is 47.6 Å². The van der Waals surface area contributed by atoms with Crippen molar-refractivity contribution in [2.45, 2.75) is 38.1 Å². The summed E-state index contributed by atoms with van der Waals surface area (Å²) in [6.45, 7) is 7.68. The van der Waals surface area contributed by atoms with E-state index in [1.165, 1.54) is 11.8 Å². The molecule has 0 saturated carbocycles. The van der Waals surface area contributed by atoms with E-state index in [-0.39, 0.29) is 11.7 Å². The first-order valence-electron chi connectivity index (χ1n) is 6.76. The highest BCUT2D eigenvalue weighted by Gasteiger charge is 2.16. The Morgan fingerprint density at radius 2 is 2.00 bits per heavy atom. The maximum Gasteiger partial charge on any atom is 0.316 e. The highest BCUT2D eigenvalue weighted by atomic mass is 32.2. The number of ether oxygens (including phenoxy) is 2. The van der Waals surface area contributed by atoms with Crippen molar-refractivity contribution in [3.63, 3.8) is 0 Å². The molecule has 0 aliphatic rings. The van der Waals surface area contributed by atoms with Crippen LogP contribution < -0.4 is 5.32 Å². The summed E-state index contributed by atoms with van der Waals surface area (Å²) in [4.78, 5) is 20.0. The van der Waals surface area contributed by atoms with Gasteiger partial charge in [0.2, 0.25) is 0 Å². The normalized spacial score (nSPS) is 11.4. The number of thioether (sulfide) groups is 1. The van der Waals surface area contributed by atoms with E-state index < -0.39 is 5.60 Å². The summed E-state index contributed by atoms with van der Waals surface area (Å²) in [7, 11) is 1.67. The fraction of sp³-hybridized carbons (Fsp3) is 0.643. The minimum absolute atomic E-state index is 0.211. The van der Waals surface area contributed by atoms with Crippen LogP contribution in [0.3, 0.4) is 0 Å². The van der Waals surface area contributed by atoms with Crippen LogP contribution in [0, 0.1) is 0 Å². The molecule has 21 heavy (non-hydrogen) atoms. The van der Waals surface area contributed by atoms with Gasteiger partial charge in [0, 0.05) is 38.2 Å². The lowest BCUT2D eigenvalue weighted by Gasteiger charge is -2.19. The molecule has 0 aliphatic heterocycles. The molecular formula is C14H23N3O3S. The number of hydrogen-bond acceptors (Lipinski definition) is 7. The fourth-order valence-electron chi connectivity index (χ4n) is 1.41. The van der Waals surface area contributed by atoms with Crippen LogP contribution in [0.4, 0.5) is 0 Å². The topological polar surface area (TPSA) is 73.3 Å². The van der Waals surface area contributed by atoms with E-state index in [0.29, 0.717) is 18.3 Å². The molecule has 0 atom stereocenters. The Bertz CT molecular complexity index is 432. The molecule has 0 saturated heterocycles. The lowest BCUT2D eigenvalue weighted by atomic mass is 10.2. The van der Waals surface area contributed by atoms with Gasteiger partial charge >= 0.3 is 5.97 Å². The maximum atomic E-state index is 11.6. The number of nitrogens with one attached hydrogen (secondary N) is 1. The van der Waals surface area contributed by atoms with Gasteiger partial charge in [-0.2, -0.15) is 0 Å². The number of carbonyl (C=O) groups excluding carboxylic acids is 1. The first-order valence-corrected chi connectivity index (χ1v) is 7.74. The Labute approximate surface area is 130 Å². The molecule has 0 bridgehead atoms. The Morgan fingerprint density at radius 1 is 1.33 bits per heavy atom. The third-order valence-corrected chi connectivity index (χ3v) is 3.08. The SMILES string of the molecule is COCCNCc1cnc(SCC(=O)OC(C)(C)C)nc1. The standard InChI is InChI=1S/C14H23N3O3S/c1-14(2,3)20-12(18)10-21-13-16-8-11(9-17-13)7-15-5-6-19-4/h8-9,15H,5-7,10H2,1-4H3. The summed E-state index contributed by atoms with van der Waals surface area (Å²) in [5.41, 5.74) is 0.531. The van der Waals surface area contributed by atoms with Gasteiger partial charge in [0.1, 0.15) is 5.60 Å². The highest BCUT2D eigenvalue weighted by molar-refractivity contribution is 7.99. The van der Waals surface area contributed by atoms with Gasteiger partial charge < -0.3 is 14.8 Å². The molecule has 118 valence electrons. The van der Waals surface area contributed by atoms with Crippen molar-refractivity contribution in [2.75, 3.05) is 26.0 Å². The molecule has 1 rings (SSSR count). The number of aromatic nitrogens is 2. The average Bonchev–Trinajstić information content (AvgIpc) is 2.41. The minimum Gasteiger partial charge on any atom is -0.459 e.